The maximum atomic E-state index is 5.54. The third kappa shape index (κ3) is 3.53. The molecule has 0 aromatic carbocycles. The largest absolute Gasteiger partial charge is 0.444 e. The zero-order valence-corrected chi connectivity index (χ0v) is 12.6. The zero-order chi connectivity index (χ0) is 14.5. The average Bonchev–Trinajstić information content (AvgIpc) is 3.17. The maximum absolute atomic E-state index is 5.54. The Morgan fingerprint density at radius 2 is 2.19 bits per heavy atom. The average molecular weight is 300 g/mol. The van der Waals surface area contributed by atoms with Crippen molar-refractivity contribution in [1.82, 2.24) is 20.3 Å². The van der Waals surface area contributed by atoms with Crippen molar-refractivity contribution >= 4 is 11.3 Å². The van der Waals surface area contributed by atoms with Gasteiger partial charge in [-0.25, -0.2) is 9.97 Å². The monoisotopic (exact) mass is 300 g/mol. The molecular formula is C15H16N4OS. The lowest BCUT2D eigenvalue weighted by molar-refractivity contribution is 0.438. The van der Waals surface area contributed by atoms with Crippen molar-refractivity contribution in [2.45, 2.75) is 26.4 Å². The molecule has 0 aliphatic heterocycles. The fourth-order valence-corrected chi connectivity index (χ4v) is 2.68. The standard InChI is InChI=1S/C15H16N4OS/c1-2-12-8-18-14(20-12)9-16-7-11-10-21-15(19-11)13-5-3-4-6-17-13/h3-6,8,10,16H,2,7,9H2,1H3. The van der Waals surface area contributed by atoms with Crippen molar-refractivity contribution in [3.05, 3.63) is 53.3 Å². The second kappa shape index (κ2) is 6.60. The molecule has 0 spiro atoms. The zero-order valence-electron chi connectivity index (χ0n) is 11.7. The Kier molecular flexibility index (Phi) is 4.37. The summed E-state index contributed by atoms with van der Waals surface area (Å²) in [6.45, 7) is 3.34. The SMILES string of the molecule is CCc1cnc(CNCc2csc(-c3ccccn3)n2)o1. The Hall–Kier alpha value is -2.05. The third-order valence-electron chi connectivity index (χ3n) is 2.97. The molecule has 3 rings (SSSR count). The predicted molar refractivity (Wildman–Crippen MR) is 81.8 cm³/mol. The van der Waals surface area contributed by atoms with Gasteiger partial charge in [-0.05, 0) is 12.1 Å². The van der Waals surface area contributed by atoms with Crippen LogP contribution in [-0.2, 0) is 19.5 Å². The molecular weight excluding hydrogens is 284 g/mol. The molecule has 1 N–H and O–H groups in total. The number of thiazole rings is 1. The summed E-state index contributed by atoms with van der Waals surface area (Å²) in [6.07, 6.45) is 4.42. The summed E-state index contributed by atoms with van der Waals surface area (Å²) in [6, 6.07) is 5.84. The van der Waals surface area contributed by atoms with E-state index in [9.17, 15) is 0 Å². The van der Waals surface area contributed by atoms with E-state index in [1.54, 1.807) is 23.7 Å². The lowest BCUT2D eigenvalue weighted by Crippen LogP contribution is -2.13. The molecule has 0 bridgehead atoms. The highest BCUT2D eigenvalue weighted by Gasteiger charge is 2.06. The second-order valence-electron chi connectivity index (χ2n) is 4.54. The fourth-order valence-electron chi connectivity index (χ4n) is 1.89. The Labute approximate surface area is 127 Å². The number of aromatic nitrogens is 3. The molecule has 108 valence electrons. The van der Waals surface area contributed by atoms with Gasteiger partial charge in [0, 0.05) is 24.5 Å². The van der Waals surface area contributed by atoms with Crippen LogP contribution in [0.15, 0.2) is 40.4 Å². The molecule has 5 nitrogen and oxygen atoms in total. The van der Waals surface area contributed by atoms with Crippen LogP contribution in [0.1, 0.15) is 24.3 Å². The van der Waals surface area contributed by atoms with Crippen LogP contribution in [0.3, 0.4) is 0 Å². The van der Waals surface area contributed by atoms with E-state index in [1.165, 1.54) is 0 Å². The van der Waals surface area contributed by atoms with Gasteiger partial charge in [0.2, 0.25) is 5.89 Å². The first-order valence-corrected chi connectivity index (χ1v) is 7.73. The van der Waals surface area contributed by atoms with E-state index >= 15 is 0 Å². The molecule has 0 aliphatic carbocycles. The van der Waals surface area contributed by atoms with E-state index < -0.39 is 0 Å². The molecule has 21 heavy (non-hydrogen) atoms. The number of aryl methyl sites for hydroxylation is 1. The van der Waals surface area contributed by atoms with Gasteiger partial charge in [0.15, 0.2) is 0 Å². The molecule has 6 heteroatoms. The topological polar surface area (TPSA) is 63.8 Å². The second-order valence-corrected chi connectivity index (χ2v) is 5.39. The number of nitrogens with zero attached hydrogens (tertiary/aromatic N) is 3. The van der Waals surface area contributed by atoms with E-state index in [-0.39, 0.29) is 0 Å². The fraction of sp³-hybridized carbons (Fsp3) is 0.267. The molecule has 0 unspecified atom stereocenters. The highest BCUT2D eigenvalue weighted by molar-refractivity contribution is 7.13. The summed E-state index contributed by atoms with van der Waals surface area (Å²) in [4.78, 5) is 13.1. The molecule has 0 aliphatic rings. The number of hydrogen-bond acceptors (Lipinski definition) is 6. The number of pyridine rings is 1. The summed E-state index contributed by atoms with van der Waals surface area (Å²) in [7, 11) is 0. The van der Waals surface area contributed by atoms with Crippen LogP contribution in [0, 0.1) is 0 Å². The van der Waals surface area contributed by atoms with Gasteiger partial charge in [0.1, 0.15) is 10.8 Å². The van der Waals surface area contributed by atoms with Crippen molar-refractivity contribution in [2.24, 2.45) is 0 Å². The molecule has 0 fully saturated rings. The van der Waals surface area contributed by atoms with E-state index in [1.807, 2.05) is 30.5 Å². The van der Waals surface area contributed by atoms with Crippen LogP contribution in [0.2, 0.25) is 0 Å². The van der Waals surface area contributed by atoms with Crippen LogP contribution >= 0.6 is 11.3 Å². The minimum absolute atomic E-state index is 0.608. The van der Waals surface area contributed by atoms with E-state index in [0.29, 0.717) is 19.0 Å². The third-order valence-corrected chi connectivity index (χ3v) is 3.88. The van der Waals surface area contributed by atoms with E-state index in [2.05, 4.69) is 20.3 Å². The van der Waals surface area contributed by atoms with Gasteiger partial charge in [0.05, 0.1) is 24.1 Å². The van der Waals surface area contributed by atoms with Crippen LogP contribution in [0.5, 0.6) is 0 Å². The first-order chi connectivity index (χ1) is 10.3. The molecule has 3 aromatic rings. The number of rotatable bonds is 6. The summed E-state index contributed by atoms with van der Waals surface area (Å²) in [5.74, 6) is 1.63. The Bertz CT molecular complexity index is 693. The van der Waals surface area contributed by atoms with Crippen LogP contribution in [0.25, 0.3) is 10.7 Å². The van der Waals surface area contributed by atoms with Crippen molar-refractivity contribution in [1.29, 1.82) is 0 Å². The lowest BCUT2D eigenvalue weighted by atomic mass is 10.3. The Balaban J connectivity index is 1.55. The molecule has 0 atom stereocenters. The van der Waals surface area contributed by atoms with Crippen molar-refractivity contribution in [3.63, 3.8) is 0 Å². The lowest BCUT2D eigenvalue weighted by Gasteiger charge is -1.98. The van der Waals surface area contributed by atoms with Gasteiger partial charge in [-0.1, -0.05) is 13.0 Å². The summed E-state index contributed by atoms with van der Waals surface area (Å²) >= 11 is 1.60. The normalized spacial score (nSPS) is 10.9. The summed E-state index contributed by atoms with van der Waals surface area (Å²) in [5.41, 5.74) is 1.91. The molecule has 0 saturated heterocycles. The van der Waals surface area contributed by atoms with E-state index in [0.717, 1.165) is 28.6 Å². The van der Waals surface area contributed by atoms with Gasteiger partial charge in [-0.3, -0.25) is 4.98 Å². The van der Waals surface area contributed by atoms with Gasteiger partial charge >= 0.3 is 0 Å². The number of nitrogens with one attached hydrogen (secondary N) is 1. The first-order valence-electron chi connectivity index (χ1n) is 6.85. The van der Waals surface area contributed by atoms with E-state index in [4.69, 9.17) is 4.42 Å². The number of oxazole rings is 1. The molecule has 0 amide bonds. The van der Waals surface area contributed by atoms with Gasteiger partial charge in [-0.2, -0.15) is 0 Å². The first kappa shape index (κ1) is 13.9. The van der Waals surface area contributed by atoms with Crippen molar-refractivity contribution in [2.75, 3.05) is 0 Å². The Morgan fingerprint density at radius 1 is 1.24 bits per heavy atom. The van der Waals surface area contributed by atoms with Crippen LogP contribution < -0.4 is 5.32 Å². The highest BCUT2D eigenvalue weighted by Crippen LogP contribution is 2.21. The predicted octanol–water partition coefficient (Wildman–Crippen LogP) is 3.05. The van der Waals surface area contributed by atoms with Crippen molar-refractivity contribution in [3.8, 4) is 10.7 Å². The quantitative estimate of drug-likeness (QED) is 0.758. The summed E-state index contributed by atoms with van der Waals surface area (Å²) in [5, 5.41) is 6.27. The van der Waals surface area contributed by atoms with Crippen molar-refractivity contribution < 1.29 is 4.42 Å². The summed E-state index contributed by atoms with van der Waals surface area (Å²) < 4.78 is 5.54. The maximum Gasteiger partial charge on any atom is 0.208 e. The minimum atomic E-state index is 0.608. The highest BCUT2D eigenvalue weighted by atomic mass is 32.1. The molecule has 3 heterocycles. The minimum Gasteiger partial charge on any atom is -0.444 e. The smallest absolute Gasteiger partial charge is 0.208 e. The van der Waals surface area contributed by atoms with Gasteiger partial charge in [-0.15, -0.1) is 11.3 Å². The number of hydrogen-bond donors (Lipinski definition) is 1. The van der Waals surface area contributed by atoms with Gasteiger partial charge < -0.3 is 9.73 Å². The van der Waals surface area contributed by atoms with Crippen LogP contribution in [-0.4, -0.2) is 15.0 Å². The molecule has 0 radical (unpaired) electrons. The van der Waals surface area contributed by atoms with Crippen LogP contribution in [0.4, 0.5) is 0 Å². The molecule has 0 saturated carbocycles. The Morgan fingerprint density at radius 3 is 2.95 bits per heavy atom. The van der Waals surface area contributed by atoms with Gasteiger partial charge in [0.25, 0.3) is 0 Å². The molecule has 3 aromatic heterocycles.